The van der Waals surface area contributed by atoms with Crippen LogP contribution in [0.3, 0.4) is 0 Å². The highest BCUT2D eigenvalue weighted by Crippen LogP contribution is 2.41. The quantitative estimate of drug-likeness (QED) is 0.838. The molecule has 0 heterocycles. The Balaban J connectivity index is 2.56. The predicted molar refractivity (Wildman–Crippen MR) is 74.6 cm³/mol. The van der Waals surface area contributed by atoms with E-state index in [0.29, 0.717) is 11.3 Å². The zero-order valence-electron chi connectivity index (χ0n) is 12.6. The normalized spacial score (nSPS) is 27.2. The molecule has 18 heavy (non-hydrogen) atoms. The fourth-order valence-corrected chi connectivity index (χ4v) is 3.32. The van der Waals surface area contributed by atoms with E-state index in [2.05, 4.69) is 25.7 Å². The Morgan fingerprint density at radius 1 is 1.22 bits per heavy atom. The summed E-state index contributed by atoms with van der Waals surface area (Å²) in [6.45, 7) is 6.95. The van der Waals surface area contributed by atoms with Crippen LogP contribution < -0.4 is 0 Å². The topological polar surface area (TPSA) is 40.5 Å². The van der Waals surface area contributed by atoms with Crippen molar-refractivity contribution in [1.82, 2.24) is 4.90 Å². The highest BCUT2D eigenvalue weighted by molar-refractivity contribution is 5.67. The minimum absolute atomic E-state index is 0.198. The lowest BCUT2D eigenvalue weighted by atomic mass is 9.68. The van der Waals surface area contributed by atoms with Gasteiger partial charge in [0.2, 0.25) is 0 Å². The summed E-state index contributed by atoms with van der Waals surface area (Å²) in [5.41, 5.74) is 0.394. The van der Waals surface area contributed by atoms with Gasteiger partial charge in [0.15, 0.2) is 0 Å². The smallest absolute Gasteiger partial charge is 0.304 e. The minimum Gasteiger partial charge on any atom is -0.481 e. The van der Waals surface area contributed by atoms with Crippen LogP contribution >= 0.6 is 0 Å². The Morgan fingerprint density at radius 2 is 1.72 bits per heavy atom. The molecule has 1 saturated carbocycles. The highest BCUT2D eigenvalue weighted by Gasteiger charge is 2.34. The molecule has 3 nitrogen and oxygen atoms in total. The summed E-state index contributed by atoms with van der Waals surface area (Å²) >= 11 is 0. The second kappa shape index (κ2) is 6.05. The van der Waals surface area contributed by atoms with Gasteiger partial charge < -0.3 is 10.0 Å². The number of rotatable bonds is 4. The van der Waals surface area contributed by atoms with E-state index in [1.165, 1.54) is 25.7 Å². The first-order chi connectivity index (χ1) is 8.21. The Hall–Kier alpha value is -0.570. The number of carboxylic acid groups (broad SMARTS) is 1. The predicted octanol–water partition coefficient (Wildman–Crippen LogP) is 3.24. The van der Waals surface area contributed by atoms with Crippen LogP contribution in [0.25, 0.3) is 0 Å². The van der Waals surface area contributed by atoms with Crippen molar-refractivity contribution in [3.8, 4) is 0 Å². The molecule has 0 aromatic carbocycles. The fourth-order valence-electron chi connectivity index (χ4n) is 3.32. The summed E-state index contributed by atoms with van der Waals surface area (Å²) < 4.78 is 0. The first-order valence-electron chi connectivity index (χ1n) is 7.10. The zero-order valence-corrected chi connectivity index (χ0v) is 12.6. The second-order valence-corrected chi connectivity index (χ2v) is 7.11. The third kappa shape index (κ3) is 4.27. The van der Waals surface area contributed by atoms with E-state index in [-0.39, 0.29) is 12.5 Å². The van der Waals surface area contributed by atoms with Gasteiger partial charge in [0.05, 0.1) is 6.42 Å². The number of carboxylic acids is 1. The van der Waals surface area contributed by atoms with Crippen LogP contribution in [0.2, 0.25) is 0 Å². The van der Waals surface area contributed by atoms with Crippen molar-refractivity contribution < 1.29 is 9.90 Å². The molecular weight excluding hydrogens is 226 g/mol. The van der Waals surface area contributed by atoms with Crippen LogP contribution in [-0.4, -0.2) is 36.1 Å². The van der Waals surface area contributed by atoms with Gasteiger partial charge >= 0.3 is 5.97 Å². The average Bonchev–Trinajstić information content (AvgIpc) is 2.24. The van der Waals surface area contributed by atoms with E-state index in [1.54, 1.807) is 0 Å². The lowest BCUT2D eigenvalue weighted by Gasteiger charge is -2.40. The van der Waals surface area contributed by atoms with E-state index in [0.717, 1.165) is 5.92 Å². The summed E-state index contributed by atoms with van der Waals surface area (Å²) in [6, 6.07) is 0.198. The van der Waals surface area contributed by atoms with Crippen LogP contribution in [-0.2, 0) is 4.79 Å². The molecule has 0 aromatic rings. The van der Waals surface area contributed by atoms with Crippen LogP contribution in [0.1, 0.15) is 52.9 Å². The maximum absolute atomic E-state index is 11.0. The molecule has 1 aliphatic rings. The summed E-state index contributed by atoms with van der Waals surface area (Å²) in [4.78, 5) is 13.0. The van der Waals surface area contributed by atoms with Crippen molar-refractivity contribution in [2.75, 3.05) is 14.1 Å². The van der Waals surface area contributed by atoms with Gasteiger partial charge in [-0.2, -0.15) is 0 Å². The maximum Gasteiger partial charge on any atom is 0.304 e. The van der Waals surface area contributed by atoms with E-state index < -0.39 is 5.97 Å². The third-order valence-electron chi connectivity index (χ3n) is 4.59. The first kappa shape index (κ1) is 15.5. The largest absolute Gasteiger partial charge is 0.481 e. The highest BCUT2D eigenvalue weighted by atomic mass is 16.4. The summed E-state index contributed by atoms with van der Waals surface area (Å²) in [5, 5.41) is 9.02. The van der Waals surface area contributed by atoms with E-state index in [9.17, 15) is 4.79 Å². The molecule has 0 spiro atoms. The summed E-state index contributed by atoms with van der Waals surface area (Å²) in [7, 11) is 4.01. The fraction of sp³-hybridized carbons (Fsp3) is 0.933. The molecular formula is C15H29NO2. The zero-order chi connectivity index (χ0) is 13.9. The van der Waals surface area contributed by atoms with Crippen molar-refractivity contribution in [2.45, 2.75) is 58.9 Å². The molecule has 1 aliphatic carbocycles. The molecule has 1 N–H and O–H groups in total. The summed E-state index contributed by atoms with van der Waals surface area (Å²) in [6.07, 6.45) is 5.13. The van der Waals surface area contributed by atoms with Gasteiger partial charge in [0, 0.05) is 6.04 Å². The third-order valence-corrected chi connectivity index (χ3v) is 4.59. The number of nitrogens with zero attached hydrogens (tertiary/aromatic N) is 1. The van der Waals surface area contributed by atoms with Crippen LogP contribution in [0, 0.1) is 17.3 Å². The van der Waals surface area contributed by atoms with E-state index in [1.807, 2.05) is 14.1 Å². The van der Waals surface area contributed by atoms with Crippen molar-refractivity contribution >= 4 is 5.97 Å². The number of carbonyl (C=O) groups is 1. The van der Waals surface area contributed by atoms with Crippen molar-refractivity contribution in [1.29, 1.82) is 0 Å². The average molecular weight is 255 g/mol. The van der Waals surface area contributed by atoms with Crippen molar-refractivity contribution in [3.63, 3.8) is 0 Å². The lowest BCUT2D eigenvalue weighted by molar-refractivity contribution is -0.139. The molecule has 1 fully saturated rings. The standard InChI is InChI=1S/C15H29NO2/c1-15(2,3)12-8-6-11(7-9-12)13(16(4)5)10-14(17)18/h11-13H,6-10H2,1-5H3,(H,17,18). The molecule has 1 rings (SSSR count). The van der Waals surface area contributed by atoms with Crippen LogP contribution in [0.4, 0.5) is 0 Å². The van der Waals surface area contributed by atoms with Crippen LogP contribution in [0.15, 0.2) is 0 Å². The molecule has 3 heteroatoms. The minimum atomic E-state index is -0.674. The SMILES string of the molecule is CN(C)C(CC(=O)O)C1CCC(C(C)(C)C)CC1. The van der Waals surface area contributed by atoms with Gasteiger partial charge in [-0.1, -0.05) is 20.8 Å². The molecule has 1 atom stereocenters. The van der Waals surface area contributed by atoms with Crippen molar-refractivity contribution in [2.24, 2.45) is 17.3 Å². The molecule has 0 saturated heterocycles. The van der Waals surface area contributed by atoms with E-state index in [4.69, 9.17) is 5.11 Å². The molecule has 0 aromatic heterocycles. The first-order valence-corrected chi connectivity index (χ1v) is 7.10. The Morgan fingerprint density at radius 3 is 2.06 bits per heavy atom. The Labute approximate surface area is 112 Å². The van der Waals surface area contributed by atoms with Gasteiger partial charge in [-0.25, -0.2) is 0 Å². The number of aliphatic carboxylic acids is 1. The Kier molecular flexibility index (Phi) is 5.20. The number of hydrogen-bond acceptors (Lipinski definition) is 2. The van der Waals surface area contributed by atoms with Crippen molar-refractivity contribution in [3.05, 3.63) is 0 Å². The molecule has 0 radical (unpaired) electrons. The van der Waals surface area contributed by atoms with Gasteiger partial charge in [-0.15, -0.1) is 0 Å². The molecule has 0 amide bonds. The molecule has 0 aliphatic heterocycles. The van der Waals surface area contributed by atoms with E-state index >= 15 is 0 Å². The summed E-state index contributed by atoms with van der Waals surface area (Å²) in [5.74, 6) is 0.669. The molecule has 106 valence electrons. The molecule has 1 unspecified atom stereocenters. The monoisotopic (exact) mass is 255 g/mol. The molecule has 0 bridgehead atoms. The maximum atomic E-state index is 11.0. The van der Waals surface area contributed by atoms with Gasteiger partial charge in [-0.05, 0) is 57.0 Å². The Bertz CT molecular complexity index is 273. The second-order valence-electron chi connectivity index (χ2n) is 7.11. The van der Waals surface area contributed by atoms with Gasteiger partial charge in [-0.3, -0.25) is 4.79 Å². The number of hydrogen-bond donors (Lipinski definition) is 1. The van der Waals surface area contributed by atoms with Gasteiger partial charge in [0.25, 0.3) is 0 Å². The van der Waals surface area contributed by atoms with Gasteiger partial charge in [0.1, 0.15) is 0 Å². The van der Waals surface area contributed by atoms with Crippen LogP contribution in [0.5, 0.6) is 0 Å². The lowest BCUT2D eigenvalue weighted by Crippen LogP contribution is -2.40.